The van der Waals surface area contributed by atoms with E-state index in [-0.39, 0.29) is 11.6 Å². The Hall–Kier alpha value is -2.31. The molecule has 0 fully saturated rings. The molecule has 0 atom stereocenters. The third-order valence-corrected chi connectivity index (χ3v) is 2.90. The largest absolute Gasteiger partial charge is 0.463 e. The van der Waals surface area contributed by atoms with E-state index in [1.54, 1.807) is 6.20 Å². The summed E-state index contributed by atoms with van der Waals surface area (Å²) in [6.07, 6.45) is 3.66. The van der Waals surface area contributed by atoms with Crippen molar-refractivity contribution in [1.29, 1.82) is 0 Å². The quantitative estimate of drug-likeness (QED) is 0.678. The van der Waals surface area contributed by atoms with Crippen molar-refractivity contribution >= 4 is 17.5 Å². The lowest BCUT2D eigenvalue weighted by atomic mass is 9.96. The van der Waals surface area contributed by atoms with Crippen LogP contribution >= 0.6 is 0 Å². The summed E-state index contributed by atoms with van der Waals surface area (Å²) < 4.78 is 5.88. The first-order chi connectivity index (χ1) is 8.69. The summed E-state index contributed by atoms with van der Waals surface area (Å²) in [5, 5.41) is 3.94. The molecule has 0 radical (unpaired) electrons. The summed E-state index contributed by atoms with van der Waals surface area (Å²) in [6, 6.07) is 0. The van der Waals surface area contributed by atoms with Crippen molar-refractivity contribution in [3.63, 3.8) is 0 Å². The molecule has 18 heavy (non-hydrogen) atoms. The van der Waals surface area contributed by atoms with E-state index in [0.717, 1.165) is 18.5 Å². The van der Waals surface area contributed by atoms with Gasteiger partial charge in [-0.25, -0.2) is 14.3 Å². The molecule has 92 valence electrons. The maximum Gasteiger partial charge on any atom is 0.378 e. The van der Waals surface area contributed by atoms with Crippen molar-refractivity contribution in [3.8, 4) is 0 Å². The zero-order valence-electron chi connectivity index (χ0n) is 9.71. The summed E-state index contributed by atoms with van der Waals surface area (Å²) in [5.41, 5.74) is 1.29. The minimum atomic E-state index is -0.621. The monoisotopic (exact) mass is 246 g/mol. The van der Waals surface area contributed by atoms with Crippen molar-refractivity contribution in [2.45, 2.75) is 19.3 Å². The van der Waals surface area contributed by atoms with Gasteiger partial charge in [-0.15, -0.1) is 5.10 Å². The van der Waals surface area contributed by atoms with Gasteiger partial charge >= 0.3 is 5.97 Å². The highest BCUT2D eigenvalue weighted by atomic mass is 16.5. The Labute approximate surface area is 102 Å². The zero-order chi connectivity index (χ0) is 12.7. The minimum absolute atomic E-state index is 0.0557. The summed E-state index contributed by atoms with van der Waals surface area (Å²) in [5.74, 6) is -0.311. The van der Waals surface area contributed by atoms with E-state index in [1.165, 1.54) is 11.6 Å². The second-order valence-electron chi connectivity index (χ2n) is 4.05. The van der Waals surface area contributed by atoms with Gasteiger partial charge in [-0.2, -0.15) is 4.98 Å². The van der Waals surface area contributed by atoms with E-state index in [0.29, 0.717) is 17.8 Å². The molecule has 1 aliphatic rings. The Bertz CT molecular complexity index is 662. The summed E-state index contributed by atoms with van der Waals surface area (Å²) >= 11 is 0. The van der Waals surface area contributed by atoms with Crippen LogP contribution in [0.5, 0.6) is 0 Å². The van der Waals surface area contributed by atoms with Crippen molar-refractivity contribution in [1.82, 2.24) is 19.6 Å². The number of aryl methyl sites for hydroxylation is 1. The molecule has 0 spiro atoms. The van der Waals surface area contributed by atoms with Crippen LogP contribution in [-0.4, -0.2) is 38.4 Å². The number of fused-ring (bicyclic) bond motifs is 2. The maximum absolute atomic E-state index is 11.7. The molecule has 0 N–H and O–H groups in total. The van der Waals surface area contributed by atoms with Crippen LogP contribution in [0.2, 0.25) is 0 Å². The van der Waals surface area contributed by atoms with Gasteiger partial charge in [-0.1, -0.05) is 0 Å². The number of ketones is 1. The third kappa shape index (κ3) is 1.55. The molecule has 2 aromatic heterocycles. The van der Waals surface area contributed by atoms with E-state index in [4.69, 9.17) is 0 Å². The molecule has 0 saturated heterocycles. The molecule has 0 aliphatic heterocycles. The fourth-order valence-corrected chi connectivity index (χ4v) is 2.01. The Balaban J connectivity index is 2.17. The summed E-state index contributed by atoms with van der Waals surface area (Å²) in [4.78, 5) is 31.3. The normalized spacial score (nSPS) is 14.6. The molecular weight excluding hydrogens is 236 g/mol. The molecule has 3 rings (SSSR count). The lowest BCUT2D eigenvalue weighted by Gasteiger charge is -2.12. The van der Waals surface area contributed by atoms with Gasteiger partial charge in [0.15, 0.2) is 5.78 Å². The van der Waals surface area contributed by atoms with Gasteiger partial charge in [-0.3, -0.25) is 4.79 Å². The molecule has 2 heterocycles. The van der Waals surface area contributed by atoms with E-state index in [1.807, 2.05) is 0 Å². The molecule has 0 unspecified atom stereocenters. The number of carbonyl (C=O) groups is 2. The van der Waals surface area contributed by atoms with Gasteiger partial charge < -0.3 is 4.74 Å². The van der Waals surface area contributed by atoms with E-state index < -0.39 is 5.97 Å². The number of rotatable bonds is 1. The number of hydrogen-bond donors (Lipinski definition) is 0. The predicted molar refractivity (Wildman–Crippen MR) is 59.4 cm³/mol. The van der Waals surface area contributed by atoms with Crippen molar-refractivity contribution in [3.05, 3.63) is 23.3 Å². The molecule has 0 amide bonds. The SMILES string of the molecule is COC(=O)c1nc2nc3c(cn2n1)C(=O)CCC3. The van der Waals surface area contributed by atoms with Crippen molar-refractivity contribution in [2.24, 2.45) is 0 Å². The lowest BCUT2D eigenvalue weighted by molar-refractivity contribution is 0.0587. The van der Waals surface area contributed by atoms with Crippen LogP contribution in [0.25, 0.3) is 5.78 Å². The van der Waals surface area contributed by atoms with Crippen LogP contribution in [0.3, 0.4) is 0 Å². The van der Waals surface area contributed by atoms with Crippen LogP contribution in [0.15, 0.2) is 6.20 Å². The van der Waals surface area contributed by atoms with Crippen LogP contribution in [0.4, 0.5) is 0 Å². The highest BCUT2D eigenvalue weighted by molar-refractivity contribution is 5.97. The zero-order valence-corrected chi connectivity index (χ0v) is 9.71. The Morgan fingerprint density at radius 3 is 3.00 bits per heavy atom. The second-order valence-corrected chi connectivity index (χ2v) is 4.05. The Morgan fingerprint density at radius 1 is 1.39 bits per heavy atom. The molecule has 7 nitrogen and oxygen atoms in total. The van der Waals surface area contributed by atoms with Crippen LogP contribution in [0, 0.1) is 0 Å². The molecule has 2 aromatic rings. The van der Waals surface area contributed by atoms with Crippen molar-refractivity contribution in [2.75, 3.05) is 7.11 Å². The Morgan fingerprint density at radius 2 is 2.22 bits per heavy atom. The van der Waals surface area contributed by atoms with Gasteiger partial charge in [-0.05, 0) is 12.8 Å². The molecular formula is C11H10N4O3. The van der Waals surface area contributed by atoms with Crippen LogP contribution in [-0.2, 0) is 11.2 Å². The van der Waals surface area contributed by atoms with Gasteiger partial charge in [0, 0.05) is 12.6 Å². The van der Waals surface area contributed by atoms with Crippen LogP contribution < -0.4 is 0 Å². The molecule has 0 aromatic carbocycles. The first-order valence-corrected chi connectivity index (χ1v) is 5.57. The first-order valence-electron chi connectivity index (χ1n) is 5.57. The standard InChI is InChI=1S/C11H10N4O3/c1-18-10(17)9-13-11-12-7-3-2-4-8(16)6(7)5-15(11)14-9/h5H,2-4H2,1H3. The number of ether oxygens (including phenoxy) is 1. The molecule has 1 aliphatic carbocycles. The van der Waals surface area contributed by atoms with E-state index >= 15 is 0 Å². The van der Waals surface area contributed by atoms with Crippen LogP contribution in [0.1, 0.15) is 39.5 Å². The lowest BCUT2D eigenvalue weighted by Crippen LogP contribution is -2.14. The second kappa shape index (κ2) is 3.86. The summed E-state index contributed by atoms with van der Waals surface area (Å²) in [7, 11) is 1.26. The third-order valence-electron chi connectivity index (χ3n) is 2.90. The fourth-order valence-electron chi connectivity index (χ4n) is 2.01. The fraction of sp³-hybridized carbons (Fsp3) is 0.364. The summed E-state index contributed by atoms with van der Waals surface area (Å²) in [6.45, 7) is 0. The number of nitrogens with zero attached hydrogens (tertiary/aromatic N) is 4. The van der Waals surface area contributed by atoms with Gasteiger partial charge in [0.1, 0.15) is 0 Å². The number of hydrogen-bond acceptors (Lipinski definition) is 6. The molecule has 0 saturated carbocycles. The molecule has 0 bridgehead atoms. The average Bonchev–Trinajstić information content (AvgIpc) is 2.79. The van der Waals surface area contributed by atoms with Gasteiger partial charge in [0.2, 0.25) is 0 Å². The first kappa shape index (κ1) is 10.8. The number of carbonyl (C=O) groups excluding carboxylic acids is 2. The number of esters is 1. The number of methoxy groups -OCH3 is 1. The highest BCUT2D eigenvalue weighted by Crippen LogP contribution is 2.19. The van der Waals surface area contributed by atoms with E-state index in [9.17, 15) is 9.59 Å². The minimum Gasteiger partial charge on any atom is -0.463 e. The molecule has 7 heteroatoms. The van der Waals surface area contributed by atoms with E-state index in [2.05, 4.69) is 19.8 Å². The Kier molecular flexibility index (Phi) is 2.32. The number of Topliss-reactive ketones (excluding diaryl/α,β-unsaturated/α-hetero) is 1. The highest BCUT2D eigenvalue weighted by Gasteiger charge is 2.21. The smallest absolute Gasteiger partial charge is 0.378 e. The predicted octanol–water partition coefficient (Wildman–Crippen LogP) is 0.430. The maximum atomic E-state index is 11.7. The van der Waals surface area contributed by atoms with Gasteiger partial charge in [0.05, 0.1) is 18.4 Å². The average molecular weight is 246 g/mol. The topological polar surface area (TPSA) is 86.4 Å². The van der Waals surface area contributed by atoms with Crippen molar-refractivity contribution < 1.29 is 14.3 Å². The van der Waals surface area contributed by atoms with Gasteiger partial charge in [0.25, 0.3) is 11.6 Å². The number of aromatic nitrogens is 4.